The zero-order chi connectivity index (χ0) is 15.0. The fraction of sp³-hybridized carbons (Fsp3) is 0.692. The lowest BCUT2D eigenvalue weighted by Gasteiger charge is -2.19. The van der Waals surface area contributed by atoms with E-state index in [-0.39, 0.29) is 12.5 Å². The first-order chi connectivity index (χ1) is 10.0. The number of ether oxygens (including phenoxy) is 2. The van der Waals surface area contributed by atoms with Gasteiger partial charge in [-0.2, -0.15) is 0 Å². The first-order valence-electron chi connectivity index (χ1n) is 7.02. The Labute approximate surface area is 120 Å². The third-order valence-corrected chi connectivity index (χ3v) is 4.15. The van der Waals surface area contributed by atoms with Gasteiger partial charge in [0.1, 0.15) is 12.1 Å². The average Bonchev–Trinajstić information content (AvgIpc) is 3.10. The summed E-state index contributed by atoms with van der Waals surface area (Å²) in [7, 11) is 0. The fourth-order valence-corrected chi connectivity index (χ4v) is 3.05. The van der Waals surface area contributed by atoms with Crippen LogP contribution in [0.2, 0.25) is 0 Å². The van der Waals surface area contributed by atoms with E-state index in [0.717, 1.165) is 17.7 Å². The number of carbonyl (C=O) groups is 4. The molecule has 8 heteroatoms. The molecule has 3 aliphatic rings. The Hall–Kier alpha value is -2.12. The number of hydrogen-bond donors (Lipinski definition) is 1. The summed E-state index contributed by atoms with van der Waals surface area (Å²) in [5.74, 6) is -1.75. The Bertz CT molecular complexity index is 511. The van der Waals surface area contributed by atoms with Crippen molar-refractivity contribution in [3.05, 3.63) is 0 Å². The standard InChI is InChI=1S/C13H16N2O6/c16-9(21-8-3-6-20-10(8)17)7-15-11(18)13(14-12(15)19)4-1-2-5-13/h8H,1-7H2,(H,14,19)/t8-/m1/s1. The van der Waals surface area contributed by atoms with Crippen molar-refractivity contribution in [2.24, 2.45) is 0 Å². The van der Waals surface area contributed by atoms with Crippen LogP contribution in [0.1, 0.15) is 32.1 Å². The molecule has 0 unspecified atom stereocenters. The molecule has 21 heavy (non-hydrogen) atoms. The predicted molar refractivity (Wildman–Crippen MR) is 66.9 cm³/mol. The Balaban J connectivity index is 1.62. The highest BCUT2D eigenvalue weighted by Gasteiger charge is 2.53. The van der Waals surface area contributed by atoms with Gasteiger partial charge in [-0.3, -0.25) is 14.5 Å². The second kappa shape index (κ2) is 5.01. The number of nitrogens with zero attached hydrogens (tertiary/aromatic N) is 1. The molecule has 1 N–H and O–H groups in total. The summed E-state index contributed by atoms with van der Waals surface area (Å²) >= 11 is 0. The van der Waals surface area contributed by atoms with E-state index in [0.29, 0.717) is 19.3 Å². The fourth-order valence-electron chi connectivity index (χ4n) is 3.05. The summed E-state index contributed by atoms with van der Waals surface area (Å²) in [6.07, 6.45) is 2.31. The van der Waals surface area contributed by atoms with E-state index in [1.165, 1.54) is 0 Å². The molecule has 3 amide bonds. The van der Waals surface area contributed by atoms with Crippen LogP contribution in [0.5, 0.6) is 0 Å². The zero-order valence-corrected chi connectivity index (χ0v) is 11.4. The van der Waals surface area contributed by atoms with Gasteiger partial charge in [-0.25, -0.2) is 9.59 Å². The topological polar surface area (TPSA) is 102 Å². The number of esters is 2. The van der Waals surface area contributed by atoms with Crippen molar-refractivity contribution in [1.29, 1.82) is 0 Å². The molecule has 1 spiro atoms. The van der Waals surface area contributed by atoms with E-state index < -0.39 is 36.2 Å². The number of cyclic esters (lactones) is 1. The normalized spacial score (nSPS) is 27.1. The van der Waals surface area contributed by atoms with E-state index in [4.69, 9.17) is 4.74 Å². The van der Waals surface area contributed by atoms with Crippen LogP contribution in [-0.2, 0) is 23.9 Å². The van der Waals surface area contributed by atoms with Crippen LogP contribution in [0.4, 0.5) is 4.79 Å². The van der Waals surface area contributed by atoms with Gasteiger partial charge in [0.05, 0.1) is 6.61 Å². The SMILES string of the molecule is O=C(CN1C(=O)NC2(CCCC2)C1=O)O[C@@H]1CCOC1=O. The maximum absolute atomic E-state index is 12.3. The zero-order valence-electron chi connectivity index (χ0n) is 11.4. The summed E-state index contributed by atoms with van der Waals surface area (Å²) in [5.41, 5.74) is -0.844. The smallest absolute Gasteiger partial charge is 0.347 e. The molecule has 8 nitrogen and oxygen atoms in total. The van der Waals surface area contributed by atoms with Crippen LogP contribution >= 0.6 is 0 Å². The van der Waals surface area contributed by atoms with Crippen molar-refractivity contribution in [2.45, 2.75) is 43.7 Å². The van der Waals surface area contributed by atoms with Crippen LogP contribution in [0, 0.1) is 0 Å². The summed E-state index contributed by atoms with van der Waals surface area (Å²) in [6.45, 7) is -0.265. The largest absolute Gasteiger partial charge is 0.463 e. The second-order valence-corrected chi connectivity index (χ2v) is 5.55. The number of rotatable bonds is 3. The van der Waals surface area contributed by atoms with E-state index in [1.807, 2.05) is 0 Å². The second-order valence-electron chi connectivity index (χ2n) is 5.55. The first-order valence-corrected chi connectivity index (χ1v) is 7.02. The maximum Gasteiger partial charge on any atom is 0.347 e. The third kappa shape index (κ3) is 2.34. The quantitative estimate of drug-likeness (QED) is 0.567. The van der Waals surface area contributed by atoms with Gasteiger partial charge in [0.2, 0.25) is 6.10 Å². The summed E-state index contributed by atoms with van der Waals surface area (Å²) in [5, 5.41) is 2.67. The Morgan fingerprint density at radius 1 is 1.33 bits per heavy atom. The molecule has 0 bridgehead atoms. The van der Waals surface area contributed by atoms with E-state index in [9.17, 15) is 19.2 Å². The van der Waals surface area contributed by atoms with E-state index >= 15 is 0 Å². The third-order valence-electron chi connectivity index (χ3n) is 4.15. The Morgan fingerprint density at radius 3 is 2.67 bits per heavy atom. The highest BCUT2D eigenvalue weighted by Crippen LogP contribution is 2.34. The minimum Gasteiger partial charge on any atom is -0.463 e. The van der Waals surface area contributed by atoms with Gasteiger partial charge in [0.15, 0.2) is 0 Å². The molecule has 2 saturated heterocycles. The maximum atomic E-state index is 12.3. The molecule has 2 heterocycles. The van der Waals surface area contributed by atoms with Gasteiger partial charge in [-0.05, 0) is 12.8 Å². The number of hydrogen-bond acceptors (Lipinski definition) is 6. The molecule has 1 aliphatic carbocycles. The van der Waals surface area contributed by atoms with Crippen LogP contribution in [0.3, 0.4) is 0 Å². The monoisotopic (exact) mass is 296 g/mol. The molecule has 2 aliphatic heterocycles. The van der Waals surface area contributed by atoms with Gasteiger partial charge >= 0.3 is 18.0 Å². The minimum absolute atomic E-state index is 0.211. The van der Waals surface area contributed by atoms with Crippen molar-refractivity contribution in [2.75, 3.05) is 13.2 Å². The lowest BCUT2D eigenvalue weighted by molar-refractivity contribution is -0.161. The summed E-state index contributed by atoms with van der Waals surface area (Å²) < 4.78 is 9.62. The number of urea groups is 1. The molecular weight excluding hydrogens is 280 g/mol. The van der Waals surface area contributed by atoms with Gasteiger partial charge in [0.25, 0.3) is 5.91 Å². The molecule has 114 valence electrons. The van der Waals surface area contributed by atoms with Crippen LogP contribution < -0.4 is 5.32 Å². The highest BCUT2D eigenvalue weighted by atomic mass is 16.6. The molecular formula is C13H16N2O6. The molecule has 3 fully saturated rings. The summed E-state index contributed by atoms with van der Waals surface area (Å²) in [6, 6.07) is -0.576. The van der Waals surface area contributed by atoms with E-state index in [2.05, 4.69) is 10.1 Å². The van der Waals surface area contributed by atoms with Gasteiger partial charge in [0, 0.05) is 6.42 Å². The lowest BCUT2D eigenvalue weighted by Crippen LogP contribution is -2.44. The highest BCUT2D eigenvalue weighted by molar-refractivity contribution is 6.08. The lowest BCUT2D eigenvalue weighted by atomic mass is 9.98. The number of amides is 3. The van der Waals surface area contributed by atoms with E-state index in [1.54, 1.807) is 0 Å². The summed E-state index contributed by atoms with van der Waals surface area (Å²) in [4.78, 5) is 48.1. The molecule has 1 saturated carbocycles. The first kappa shape index (κ1) is 13.8. The number of carbonyl (C=O) groups excluding carboxylic acids is 4. The van der Waals surface area contributed by atoms with Crippen molar-refractivity contribution in [3.8, 4) is 0 Å². The van der Waals surface area contributed by atoms with Crippen molar-refractivity contribution < 1.29 is 28.7 Å². The average molecular weight is 296 g/mol. The van der Waals surface area contributed by atoms with Crippen LogP contribution in [0.25, 0.3) is 0 Å². The molecule has 0 aromatic carbocycles. The van der Waals surface area contributed by atoms with Crippen molar-refractivity contribution >= 4 is 23.9 Å². The molecule has 0 aromatic heterocycles. The molecule has 3 rings (SSSR count). The Morgan fingerprint density at radius 2 is 2.05 bits per heavy atom. The molecule has 0 radical (unpaired) electrons. The predicted octanol–water partition coefficient (Wildman–Crippen LogP) is -0.290. The Kier molecular flexibility index (Phi) is 3.30. The van der Waals surface area contributed by atoms with Crippen molar-refractivity contribution in [1.82, 2.24) is 10.2 Å². The molecule has 0 aromatic rings. The van der Waals surface area contributed by atoms with Gasteiger partial charge in [-0.1, -0.05) is 12.8 Å². The van der Waals surface area contributed by atoms with Crippen LogP contribution in [0.15, 0.2) is 0 Å². The number of nitrogens with one attached hydrogen (secondary N) is 1. The molecule has 1 atom stereocenters. The van der Waals surface area contributed by atoms with Crippen LogP contribution in [-0.4, -0.2) is 53.6 Å². The van der Waals surface area contributed by atoms with Crippen molar-refractivity contribution in [3.63, 3.8) is 0 Å². The van der Waals surface area contributed by atoms with Gasteiger partial charge < -0.3 is 14.8 Å². The van der Waals surface area contributed by atoms with Gasteiger partial charge in [-0.15, -0.1) is 0 Å². The number of imide groups is 1. The minimum atomic E-state index is -0.932.